The summed E-state index contributed by atoms with van der Waals surface area (Å²) < 4.78 is 23.2. The van der Waals surface area contributed by atoms with Crippen LogP contribution < -0.4 is 0 Å². The molecule has 0 aliphatic rings. The van der Waals surface area contributed by atoms with Crippen LogP contribution >= 0.6 is 15.9 Å². The van der Waals surface area contributed by atoms with Crippen LogP contribution in [0.5, 0.6) is 0 Å². The van der Waals surface area contributed by atoms with E-state index in [1.807, 2.05) is 0 Å². The van der Waals surface area contributed by atoms with Crippen molar-refractivity contribution in [2.24, 2.45) is 0 Å². The van der Waals surface area contributed by atoms with Gasteiger partial charge in [0.15, 0.2) is 0 Å². The Labute approximate surface area is 108 Å². The molecule has 1 aromatic rings. The van der Waals surface area contributed by atoms with Gasteiger partial charge in [-0.25, -0.2) is 4.39 Å². The third kappa shape index (κ3) is 5.28. The maximum absolute atomic E-state index is 13.2. The summed E-state index contributed by atoms with van der Waals surface area (Å²) in [6.07, 6.45) is 0. The molecule has 1 aromatic carbocycles. The highest BCUT2D eigenvalue weighted by Crippen LogP contribution is 2.07. The normalized spacial score (nSPS) is 12.2. The van der Waals surface area contributed by atoms with Gasteiger partial charge in [0.05, 0.1) is 13.2 Å². The van der Waals surface area contributed by atoms with Crippen molar-refractivity contribution in [1.82, 2.24) is 0 Å². The summed E-state index contributed by atoms with van der Waals surface area (Å²) in [6.45, 7) is 2.28. The van der Waals surface area contributed by atoms with Gasteiger partial charge in [-0.15, -0.1) is 0 Å². The number of rotatable bonds is 6. The molecule has 0 aliphatic heterocycles. The van der Waals surface area contributed by atoms with Gasteiger partial charge in [-0.2, -0.15) is 0 Å². The average Bonchev–Trinajstić information content (AvgIpc) is 2.30. The van der Waals surface area contributed by atoms with E-state index in [0.29, 0.717) is 5.56 Å². The van der Waals surface area contributed by atoms with Gasteiger partial charge in [-0.1, -0.05) is 34.1 Å². The van der Waals surface area contributed by atoms with Crippen LogP contribution in [0.3, 0.4) is 0 Å². The standard InChI is InChI=1S/C12H14BrFO3/c1-9(13)12(15)17-7-6-16-8-10-4-2-3-5-11(10)14/h2-5,9H,6-8H2,1H3. The molecule has 0 aliphatic carbocycles. The van der Waals surface area contributed by atoms with Crippen LogP contribution in [0.25, 0.3) is 0 Å². The lowest BCUT2D eigenvalue weighted by molar-refractivity contribution is -0.144. The van der Waals surface area contributed by atoms with E-state index < -0.39 is 0 Å². The Kier molecular flexibility index (Phi) is 6.15. The van der Waals surface area contributed by atoms with Crippen LogP contribution in [-0.4, -0.2) is 24.0 Å². The molecule has 0 spiro atoms. The molecule has 0 aromatic heterocycles. The van der Waals surface area contributed by atoms with Crippen molar-refractivity contribution in [2.45, 2.75) is 18.4 Å². The van der Waals surface area contributed by atoms with Crippen molar-refractivity contribution in [3.05, 3.63) is 35.6 Å². The molecule has 0 saturated carbocycles. The summed E-state index contributed by atoms with van der Waals surface area (Å²) in [5.41, 5.74) is 0.493. The number of alkyl halides is 1. The molecule has 0 bridgehead atoms. The third-order valence-corrected chi connectivity index (χ3v) is 2.39. The van der Waals surface area contributed by atoms with Crippen LogP contribution in [0.15, 0.2) is 24.3 Å². The van der Waals surface area contributed by atoms with Crippen molar-refractivity contribution in [3.8, 4) is 0 Å². The fraction of sp³-hybridized carbons (Fsp3) is 0.417. The van der Waals surface area contributed by atoms with E-state index in [2.05, 4.69) is 15.9 Å². The number of benzene rings is 1. The molecule has 0 radical (unpaired) electrons. The third-order valence-electron chi connectivity index (χ3n) is 2.01. The average molecular weight is 305 g/mol. The maximum Gasteiger partial charge on any atom is 0.319 e. The van der Waals surface area contributed by atoms with E-state index >= 15 is 0 Å². The van der Waals surface area contributed by atoms with E-state index in [1.165, 1.54) is 6.07 Å². The second-order valence-electron chi connectivity index (χ2n) is 3.43. The zero-order chi connectivity index (χ0) is 12.7. The van der Waals surface area contributed by atoms with Crippen LogP contribution in [0.2, 0.25) is 0 Å². The molecule has 3 nitrogen and oxygen atoms in total. The Morgan fingerprint density at radius 2 is 2.12 bits per heavy atom. The predicted octanol–water partition coefficient (Wildman–Crippen LogP) is 2.67. The number of ether oxygens (including phenoxy) is 2. The summed E-state index contributed by atoms with van der Waals surface area (Å²) in [4.78, 5) is 10.7. The lowest BCUT2D eigenvalue weighted by Crippen LogP contribution is -2.17. The molecule has 94 valence electrons. The number of carbonyl (C=O) groups excluding carboxylic acids is 1. The molecular weight excluding hydrogens is 291 g/mol. The molecule has 1 rings (SSSR count). The first-order valence-electron chi connectivity index (χ1n) is 5.23. The van der Waals surface area contributed by atoms with Crippen molar-refractivity contribution in [1.29, 1.82) is 0 Å². The van der Waals surface area contributed by atoms with Crippen molar-refractivity contribution >= 4 is 21.9 Å². The maximum atomic E-state index is 13.2. The van der Waals surface area contributed by atoms with Crippen LogP contribution in [0.1, 0.15) is 12.5 Å². The lowest BCUT2D eigenvalue weighted by Gasteiger charge is -2.07. The van der Waals surface area contributed by atoms with E-state index in [0.717, 1.165) is 0 Å². The Morgan fingerprint density at radius 3 is 2.76 bits per heavy atom. The predicted molar refractivity (Wildman–Crippen MR) is 65.4 cm³/mol. The van der Waals surface area contributed by atoms with Crippen LogP contribution in [-0.2, 0) is 20.9 Å². The van der Waals surface area contributed by atoms with Gasteiger partial charge < -0.3 is 9.47 Å². The largest absolute Gasteiger partial charge is 0.462 e. The van der Waals surface area contributed by atoms with Crippen molar-refractivity contribution < 1.29 is 18.7 Å². The molecule has 0 amide bonds. The zero-order valence-corrected chi connectivity index (χ0v) is 11.1. The summed E-state index contributed by atoms with van der Waals surface area (Å²) in [6, 6.07) is 6.40. The molecule has 0 fully saturated rings. The van der Waals surface area contributed by atoms with Gasteiger partial charge in [-0.05, 0) is 13.0 Å². The molecular formula is C12H14BrFO3. The number of carbonyl (C=O) groups is 1. The second kappa shape index (κ2) is 7.40. The Balaban J connectivity index is 2.17. The smallest absolute Gasteiger partial charge is 0.319 e. The Hall–Kier alpha value is -0.940. The number of halogens is 2. The van der Waals surface area contributed by atoms with Crippen LogP contribution in [0.4, 0.5) is 4.39 Å². The summed E-state index contributed by atoms with van der Waals surface area (Å²) in [5, 5.41) is 0. The van der Waals surface area contributed by atoms with E-state index in [4.69, 9.17) is 9.47 Å². The van der Waals surface area contributed by atoms with Gasteiger partial charge in [-0.3, -0.25) is 4.79 Å². The quantitative estimate of drug-likeness (QED) is 0.460. The summed E-state index contributed by atoms with van der Waals surface area (Å²) >= 11 is 3.09. The monoisotopic (exact) mass is 304 g/mol. The number of hydrogen-bond acceptors (Lipinski definition) is 3. The zero-order valence-electron chi connectivity index (χ0n) is 9.49. The SMILES string of the molecule is CC(Br)C(=O)OCCOCc1ccccc1F. The topological polar surface area (TPSA) is 35.5 Å². The highest BCUT2D eigenvalue weighted by molar-refractivity contribution is 9.10. The first kappa shape index (κ1) is 14.1. The molecule has 0 heterocycles. The molecule has 1 unspecified atom stereocenters. The highest BCUT2D eigenvalue weighted by Gasteiger charge is 2.09. The fourth-order valence-electron chi connectivity index (χ4n) is 1.11. The fourth-order valence-corrected chi connectivity index (χ4v) is 1.25. The minimum absolute atomic E-state index is 0.170. The minimum Gasteiger partial charge on any atom is -0.462 e. The van der Waals surface area contributed by atoms with Gasteiger partial charge in [0.1, 0.15) is 17.3 Å². The van der Waals surface area contributed by atoms with Gasteiger partial charge in [0.2, 0.25) is 0 Å². The molecule has 0 N–H and O–H groups in total. The van der Waals surface area contributed by atoms with Gasteiger partial charge in [0.25, 0.3) is 0 Å². The van der Waals surface area contributed by atoms with E-state index in [9.17, 15) is 9.18 Å². The Morgan fingerprint density at radius 1 is 1.41 bits per heavy atom. The lowest BCUT2D eigenvalue weighted by atomic mass is 10.2. The first-order valence-corrected chi connectivity index (χ1v) is 6.14. The van der Waals surface area contributed by atoms with E-state index in [-0.39, 0.29) is 36.4 Å². The summed E-state index contributed by atoms with van der Waals surface area (Å²) in [5.74, 6) is -0.627. The molecule has 1 atom stereocenters. The van der Waals surface area contributed by atoms with Crippen LogP contribution in [0, 0.1) is 5.82 Å². The number of hydrogen-bond donors (Lipinski definition) is 0. The van der Waals surface area contributed by atoms with Crippen molar-refractivity contribution in [2.75, 3.05) is 13.2 Å². The molecule has 0 saturated heterocycles. The second-order valence-corrected chi connectivity index (χ2v) is 4.80. The molecule has 17 heavy (non-hydrogen) atoms. The first-order chi connectivity index (χ1) is 8.11. The highest BCUT2D eigenvalue weighted by atomic mass is 79.9. The Bertz CT molecular complexity index is 369. The van der Waals surface area contributed by atoms with Gasteiger partial charge in [0, 0.05) is 5.56 Å². The molecule has 5 heteroatoms. The van der Waals surface area contributed by atoms with Crippen molar-refractivity contribution in [3.63, 3.8) is 0 Å². The number of esters is 1. The summed E-state index contributed by atoms with van der Waals surface area (Å²) in [7, 11) is 0. The van der Waals surface area contributed by atoms with Gasteiger partial charge >= 0.3 is 5.97 Å². The van der Waals surface area contributed by atoms with E-state index in [1.54, 1.807) is 25.1 Å². The minimum atomic E-state index is -0.334.